The third-order valence-electron chi connectivity index (χ3n) is 2.52. The lowest BCUT2D eigenvalue weighted by molar-refractivity contribution is 0.0102. The Morgan fingerprint density at radius 3 is 2.69 bits per heavy atom. The zero-order valence-electron chi connectivity index (χ0n) is 8.88. The minimum absolute atomic E-state index is 0.461. The maximum Gasteiger partial charge on any atom is 0.0616 e. The molecule has 0 aromatic carbocycles. The van der Waals surface area contributed by atoms with Crippen LogP contribution in [-0.2, 0) is 9.47 Å². The fraction of sp³-hybridized carbons (Fsp3) is 1.00. The Bertz CT molecular complexity index is 132. The van der Waals surface area contributed by atoms with Crippen LogP contribution in [0.15, 0.2) is 0 Å². The molecular weight excluding hydrogens is 166 g/mol. The molecule has 0 bridgehead atoms. The van der Waals surface area contributed by atoms with Gasteiger partial charge in [-0.15, -0.1) is 0 Å². The molecule has 78 valence electrons. The lowest BCUT2D eigenvalue weighted by atomic mass is 9.89. The van der Waals surface area contributed by atoms with E-state index in [-0.39, 0.29) is 0 Å². The van der Waals surface area contributed by atoms with E-state index in [9.17, 15) is 0 Å². The van der Waals surface area contributed by atoms with Gasteiger partial charge in [0.15, 0.2) is 0 Å². The first-order valence-electron chi connectivity index (χ1n) is 5.12. The van der Waals surface area contributed by atoms with Gasteiger partial charge < -0.3 is 14.8 Å². The monoisotopic (exact) mass is 187 g/mol. The number of ether oxygens (including phenoxy) is 2. The molecule has 1 saturated carbocycles. The van der Waals surface area contributed by atoms with Crippen LogP contribution in [0.3, 0.4) is 0 Å². The van der Waals surface area contributed by atoms with Gasteiger partial charge in [-0.25, -0.2) is 0 Å². The molecule has 0 saturated heterocycles. The first-order chi connectivity index (χ1) is 6.26. The summed E-state index contributed by atoms with van der Waals surface area (Å²) < 4.78 is 10.5. The van der Waals surface area contributed by atoms with Crippen LogP contribution >= 0.6 is 0 Å². The van der Waals surface area contributed by atoms with Crippen molar-refractivity contribution in [3.8, 4) is 0 Å². The van der Waals surface area contributed by atoms with Crippen LogP contribution in [0.5, 0.6) is 0 Å². The molecule has 1 aliphatic carbocycles. The van der Waals surface area contributed by atoms with Crippen LogP contribution < -0.4 is 5.32 Å². The zero-order valence-corrected chi connectivity index (χ0v) is 8.88. The molecule has 1 atom stereocenters. The summed E-state index contributed by atoms with van der Waals surface area (Å²) in [5.74, 6) is 0. The van der Waals surface area contributed by atoms with Gasteiger partial charge in [0.2, 0.25) is 0 Å². The molecule has 0 amide bonds. The second kappa shape index (κ2) is 5.58. The van der Waals surface area contributed by atoms with Gasteiger partial charge in [0.1, 0.15) is 0 Å². The van der Waals surface area contributed by atoms with Gasteiger partial charge in [-0.1, -0.05) is 0 Å². The van der Waals surface area contributed by atoms with E-state index in [0.717, 1.165) is 26.1 Å². The molecule has 0 aliphatic heterocycles. The summed E-state index contributed by atoms with van der Waals surface area (Å²) in [4.78, 5) is 0. The van der Waals surface area contributed by atoms with E-state index in [0.29, 0.717) is 18.2 Å². The molecule has 0 radical (unpaired) electrons. The summed E-state index contributed by atoms with van der Waals surface area (Å²) >= 11 is 0. The van der Waals surface area contributed by atoms with Crippen molar-refractivity contribution in [2.45, 2.75) is 44.9 Å². The average Bonchev–Trinajstić information content (AvgIpc) is 2.07. The van der Waals surface area contributed by atoms with E-state index in [2.05, 4.69) is 12.2 Å². The Labute approximate surface area is 80.8 Å². The predicted octanol–water partition coefficient (Wildman–Crippen LogP) is 1.18. The van der Waals surface area contributed by atoms with Crippen LogP contribution in [0.4, 0.5) is 0 Å². The van der Waals surface area contributed by atoms with E-state index in [4.69, 9.17) is 9.47 Å². The minimum atomic E-state index is 0.461. The summed E-state index contributed by atoms with van der Waals surface area (Å²) in [6, 6.07) is 1.10. The van der Waals surface area contributed by atoms with Gasteiger partial charge in [0.25, 0.3) is 0 Å². The molecular formula is C10H21NO2. The Morgan fingerprint density at radius 2 is 2.15 bits per heavy atom. The Kier molecular flexibility index (Phi) is 4.70. The average molecular weight is 187 g/mol. The van der Waals surface area contributed by atoms with Crippen LogP contribution in [0, 0.1) is 0 Å². The Morgan fingerprint density at radius 1 is 1.46 bits per heavy atom. The Hall–Kier alpha value is -0.120. The van der Waals surface area contributed by atoms with Crippen molar-refractivity contribution in [2.24, 2.45) is 0 Å². The third-order valence-corrected chi connectivity index (χ3v) is 2.52. The van der Waals surface area contributed by atoms with Crippen LogP contribution in [0.2, 0.25) is 0 Å². The van der Waals surface area contributed by atoms with Gasteiger partial charge in [-0.3, -0.25) is 0 Å². The lowest BCUT2D eigenvalue weighted by Crippen LogP contribution is -2.49. The van der Waals surface area contributed by atoms with E-state index < -0.39 is 0 Å². The van der Waals surface area contributed by atoms with E-state index >= 15 is 0 Å². The summed E-state index contributed by atoms with van der Waals surface area (Å²) in [6.07, 6.45) is 2.77. The number of hydrogen-bond acceptors (Lipinski definition) is 3. The van der Waals surface area contributed by atoms with Crippen molar-refractivity contribution in [2.75, 3.05) is 20.3 Å². The summed E-state index contributed by atoms with van der Waals surface area (Å²) in [5.41, 5.74) is 0. The molecule has 3 heteroatoms. The largest absolute Gasteiger partial charge is 0.381 e. The van der Waals surface area contributed by atoms with Gasteiger partial charge >= 0.3 is 0 Å². The minimum Gasteiger partial charge on any atom is -0.381 e. The van der Waals surface area contributed by atoms with E-state index in [1.54, 1.807) is 7.11 Å². The fourth-order valence-electron chi connectivity index (χ4n) is 1.64. The molecule has 1 aliphatic rings. The summed E-state index contributed by atoms with van der Waals surface area (Å²) in [5, 5.41) is 3.51. The first kappa shape index (κ1) is 11.0. The van der Waals surface area contributed by atoms with Gasteiger partial charge in [-0.2, -0.15) is 0 Å². The van der Waals surface area contributed by atoms with Crippen molar-refractivity contribution in [3.63, 3.8) is 0 Å². The quantitative estimate of drug-likeness (QED) is 0.677. The molecule has 1 rings (SSSR count). The van der Waals surface area contributed by atoms with E-state index in [1.807, 2.05) is 6.92 Å². The van der Waals surface area contributed by atoms with Crippen molar-refractivity contribution in [1.82, 2.24) is 5.32 Å². The summed E-state index contributed by atoms with van der Waals surface area (Å²) in [6.45, 7) is 5.80. The standard InChI is InChI=1S/C10H21NO2/c1-4-13-7-8(2)11-9-5-10(6-9)12-3/h8-11H,4-7H2,1-3H3. The van der Waals surface area contributed by atoms with E-state index in [1.165, 1.54) is 0 Å². The second-order valence-electron chi connectivity index (χ2n) is 3.75. The fourth-order valence-corrected chi connectivity index (χ4v) is 1.64. The predicted molar refractivity (Wildman–Crippen MR) is 52.9 cm³/mol. The lowest BCUT2D eigenvalue weighted by Gasteiger charge is -2.36. The zero-order chi connectivity index (χ0) is 9.68. The second-order valence-corrected chi connectivity index (χ2v) is 3.75. The molecule has 3 nitrogen and oxygen atoms in total. The van der Waals surface area contributed by atoms with Crippen LogP contribution in [0.25, 0.3) is 0 Å². The number of hydrogen-bond donors (Lipinski definition) is 1. The molecule has 0 aromatic heterocycles. The highest BCUT2D eigenvalue weighted by atomic mass is 16.5. The molecule has 0 heterocycles. The van der Waals surface area contributed by atoms with Crippen molar-refractivity contribution >= 4 is 0 Å². The maximum atomic E-state index is 5.32. The molecule has 1 N–H and O–H groups in total. The molecule has 1 fully saturated rings. The van der Waals surface area contributed by atoms with Gasteiger partial charge in [0.05, 0.1) is 12.7 Å². The molecule has 1 unspecified atom stereocenters. The number of methoxy groups -OCH3 is 1. The van der Waals surface area contributed by atoms with Gasteiger partial charge in [-0.05, 0) is 26.7 Å². The Balaban J connectivity index is 1.99. The van der Waals surface area contributed by atoms with Crippen molar-refractivity contribution in [1.29, 1.82) is 0 Å². The first-order valence-corrected chi connectivity index (χ1v) is 5.12. The summed E-state index contributed by atoms with van der Waals surface area (Å²) in [7, 11) is 1.78. The highest BCUT2D eigenvalue weighted by molar-refractivity contribution is 4.87. The smallest absolute Gasteiger partial charge is 0.0616 e. The molecule has 13 heavy (non-hydrogen) atoms. The highest BCUT2D eigenvalue weighted by Gasteiger charge is 2.29. The van der Waals surface area contributed by atoms with Crippen molar-refractivity contribution in [3.05, 3.63) is 0 Å². The topological polar surface area (TPSA) is 30.5 Å². The number of nitrogens with one attached hydrogen (secondary N) is 1. The molecule has 0 spiro atoms. The SMILES string of the molecule is CCOCC(C)NC1CC(OC)C1. The van der Waals surface area contributed by atoms with Crippen LogP contribution in [-0.4, -0.2) is 38.5 Å². The van der Waals surface area contributed by atoms with Crippen LogP contribution in [0.1, 0.15) is 26.7 Å². The number of rotatable bonds is 6. The highest BCUT2D eigenvalue weighted by Crippen LogP contribution is 2.22. The normalized spacial score (nSPS) is 29.8. The van der Waals surface area contributed by atoms with Crippen molar-refractivity contribution < 1.29 is 9.47 Å². The third kappa shape index (κ3) is 3.63. The maximum absolute atomic E-state index is 5.32. The van der Waals surface area contributed by atoms with Gasteiger partial charge in [0, 0.05) is 25.8 Å². The molecule has 0 aromatic rings.